The Bertz CT molecular complexity index is 2080. The van der Waals surface area contributed by atoms with E-state index in [9.17, 15) is 26.5 Å². The van der Waals surface area contributed by atoms with Crippen LogP contribution < -0.4 is 5.73 Å². The molecule has 14 heteroatoms. The van der Waals surface area contributed by atoms with E-state index in [1.54, 1.807) is 36.4 Å². The number of phenols is 1. The third-order valence-corrected chi connectivity index (χ3v) is 7.61. The molecule has 0 saturated carbocycles. The Kier molecular flexibility index (Phi) is 6.77. The lowest BCUT2D eigenvalue weighted by Crippen LogP contribution is -1.99. The van der Waals surface area contributed by atoms with Gasteiger partial charge in [0.1, 0.15) is 10.6 Å². The van der Waals surface area contributed by atoms with Crippen molar-refractivity contribution in [2.24, 2.45) is 20.5 Å². The smallest absolute Gasteiger partial charge is 0.296 e. The summed E-state index contributed by atoms with van der Waals surface area (Å²) in [6.45, 7) is 0. The molecular weight excluding hydrogens is 558 g/mol. The second-order valence-electron chi connectivity index (χ2n) is 8.50. The van der Waals surface area contributed by atoms with Gasteiger partial charge >= 0.3 is 0 Å². The molecule has 0 saturated heterocycles. The van der Waals surface area contributed by atoms with Crippen molar-refractivity contribution in [2.45, 2.75) is 9.79 Å². The Morgan fingerprint density at radius 1 is 0.625 bits per heavy atom. The first-order valence-electron chi connectivity index (χ1n) is 11.3. The van der Waals surface area contributed by atoms with Gasteiger partial charge in [-0.25, -0.2) is 0 Å². The van der Waals surface area contributed by atoms with Crippen LogP contribution >= 0.6 is 0 Å². The highest BCUT2D eigenvalue weighted by molar-refractivity contribution is 7.86. The van der Waals surface area contributed by atoms with Crippen molar-refractivity contribution in [3.05, 3.63) is 84.9 Å². The summed E-state index contributed by atoms with van der Waals surface area (Å²) >= 11 is 0. The standard InChI is InChI=1S/C26H18N5O7S2/c27-16-6-5-15-13-24(40(36,37)38)25(26(32)21(15)14-16)31-30-23-12-11-22(19-3-1-2-4-20(19)23)29-28-17-7-9-18(10-8-17)39(33,34)35/h1-14,27,32H,(H,33,34,35)(H,36,37,38). The Morgan fingerprint density at radius 3 is 1.80 bits per heavy atom. The molecule has 1 radical (unpaired) electrons. The third-order valence-electron chi connectivity index (χ3n) is 5.87. The zero-order chi connectivity index (χ0) is 28.7. The largest absolute Gasteiger partial charge is 0.505 e. The molecule has 0 atom stereocenters. The van der Waals surface area contributed by atoms with Crippen molar-refractivity contribution < 1.29 is 31.0 Å². The predicted octanol–water partition coefficient (Wildman–Crippen LogP) is 6.94. The van der Waals surface area contributed by atoms with Gasteiger partial charge in [-0.1, -0.05) is 30.3 Å². The highest BCUT2D eigenvalue weighted by Gasteiger charge is 2.22. The van der Waals surface area contributed by atoms with Crippen molar-refractivity contribution in [1.29, 1.82) is 0 Å². The number of phenolic OH excluding ortho intramolecular Hbond substituents is 1. The number of hydrogen-bond donors (Lipinski definition) is 3. The highest BCUT2D eigenvalue weighted by atomic mass is 32.2. The summed E-state index contributed by atoms with van der Waals surface area (Å²) in [6.07, 6.45) is 0. The first-order chi connectivity index (χ1) is 18.9. The van der Waals surface area contributed by atoms with Gasteiger partial charge in [-0.2, -0.15) is 21.9 Å². The molecule has 40 heavy (non-hydrogen) atoms. The molecule has 0 bridgehead atoms. The van der Waals surface area contributed by atoms with Crippen LogP contribution in [0.15, 0.2) is 115 Å². The first kappa shape index (κ1) is 26.8. The summed E-state index contributed by atoms with van der Waals surface area (Å²) in [7, 11) is -9.13. The van der Waals surface area contributed by atoms with Gasteiger partial charge in [0.15, 0.2) is 5.75 Å². The Hall–Kier alpha value is -4.76. The van der Waals surface area contributed by atoms with Gasteiger partial charge in [0.25, 0.3) is 20.2 Å². The molecule has 0 unspecified atom stereocenters. The van der Waals surface area contributed by atoms with Crippen LogP contribution in [-0.4, -0.2) is 31.0 Å². The normalized spacial score (nSPS) is 12.7. The summed E-state index contributed by atoms with van der Waals surface area (Å²) in [6, 6.07) is 20.6. The maximum atomic E-state index is 12.1. The van der Waals surface area contributed by atoms with Crippen molar-refractivity contribution in [1.82, 2.24) is 5.73 Å². The van der Waals surface area contributed by atoms with Gasteiger partial charge in [0, 0.05) is 16.2 Å². The lowest BCUT2D eigenvalue weighted by Gasteiger charge is -2.09. The van der Waals surface area contributed by atoms with Crippen LogP contribution in [0.5, 0.6) is 5.75 Å². The lowest BCUT2D eigenvalue weighted by molar-refractivity contribution is 0.472. The van der Waals surface area contributed by atoms with E-state index in [1.807, 2.05) is 0 Å². The second-order valence-corrected chi connectivity index (χ2v) is 11.3. The average Bonchev–Trinajstić information content (AvgIpc) is 2.91. The third kappa shape index (κ3) is 5.37. The molecule has 0 aromatic heterocycles. The number of nitrogens with zero attached hydrogens (tertiary/aromatic N) is 4. The van der Waals surface area contributed by atoms with Gasteiger partial charge in [-0.3, -0.25) is 9.11 Å². The molecule has 4 N–H and O–H groups in total. The minimum absolute atomic E-state index is 0.0791. The molecule has 12 nitrogen and oxygen atoms in total. The maximum Gasteiger partial charge on any atom is 0.296 e. The molecule has 5 aromatic rings. The van der Waals surface area contributed by atoms with E-state index >= 15 is 0 Å². The van der Waals surface area contributed by atoms with E-state index in [2.05, 4.69) is 20.5 Å². The molecule has 201 valence electrons. The van der Waals surface area contributed by atoms with Crippen molar-refractivity contribution in [2.75, 3.05) is 0 Å². The summed E-state index contributed by atoms with van der Waals surface area (Å²) in [5.41, 5.74) is 8.46. The Labute approximate surface area is 227 Å². The van der Waals surface area contributed by atoms with E-state index in [-0.39, 0.29) is 21.4 Å². The van der Waals surface area contributed by atoms with Crippen LogP contribution in [-0.2, 0) is 20.2 Å². The monoisotopic (exact) mass is 576 g/mol. The SMILES string of the molecule is [NH]c1ccc2cc(S(=O)(=O)O)c(N=Nc3ccc(N=Nc4ccc(S(=O)(=O)O)cc4)c4ccccc34)c(O)c2c1. The van der Waals surface area contributed by atoms with E-state index in [1.165, 1.54) is 42.5 Å². The molecule has 0 aliphatic carbocycles. The summed E-state index contributed by atoms with van der Waals surface area (Å²) < 4.78 is 65.5. The number of nitrogens with one attached hydrogen (secondary N) is 1. The number of azo groups is 2. The fourth-order valence-corrected chi connectivity index (χ4v) is 5.11. The lowest BCUT2D eigenvalue weighted by atomic mass is 10.1. The van der Waals surface area contributed by atoms with E-state index in [0.29, 0.717) is 27.8 Å². The van der Waals surface area contributed by atoms with Gasteiger partial charge in [-0.15, -0.1) is 15.3 Å². The fraction of sp³-hybridized carbons (Fsp3) is 0. The van der Waals surface area contributed by atoms with Crippen LogP contribution in [0.25, 0.3) is 21.5 Å². The Balaban J connectivity index is 1.56. The average molecular weight is 577 g/mol. The molecule has 0 aliphatic heterocycles. The number of benzene rings is 5. The van der Waals surface area contributed by atoms with Crippen LogP contribution in [0.1, 0.15) is 0 Å². The van der Waals surface area contributed by atoms with Crippen LogP contribution in [0, 0.1) is 0 Å². The van der Waals surface area contributed by atoms with Gasteiger partial charge in [0.2, 0.25) is 0 Å². The van der Waals surface area contributed by atoms with Crippen LogP contribution in [0.4, 0.5) is 28.4 Å². The molecule has 0 spiro atoms. The van der Waals surface area contributed by atoms with Gasteiger partial charge in [-0.05, 0) is 60.0 Å². The molecular formula is C26H18N5O7S2. The number of hydrogen-bond acceptors (Lipinski definition) is 9. The van der Waals surface area contributed by atoms with Crippen molar-refractivity contribution in [3.8, 4) is 5.75 Å². The van der Waals surface area contributed by atoms with E-state index in [4.69, 9.17) is 10.3 Å². The quantitative estimate of drug-likeness (QED) is 0.143. The van der Waals surface area contributed by atoms with E-state index < -0.39 is 36.6 Å². The maximum absolute atomic E-state index is 12.1. The van der Waals surface area contributed by atoms with Crippen LogP contribution in [0.3, 0.4) is 0 Å². The molecule has 5 aromatic carbocycles. The Morgan fingerprint density at radius 2 is 1.23 bits per heavy atom. The summed E-state index contributed by atoms with van der Waals surface area (Å²) in [5, 5.41) is 28.9. The zero-order valence-electron chi connectivity index (χ0n) is 20.2. The topological polar surface area (TPSA) is 202 Å². The van der Waals surface area contributed by atoms with Crippen LogP contribution in [0.2, 0.25) is 0 Å². The molecule has 5 rings (SSSR count). The molecule has 0 heterocycles. The summed E-state index contributed by atoms with van der Waals surface area (Å²) in [4.78, 5) is -0.921. The number of rotatable bonds is 6. The molecule has 0 amide bonds. The number of fused-ring (bicyclic) bond motifs is 2. The van der Waals surface area contributed by atoms with Crippen molar-refractivity contribution >= 4 is 70.2 Å². The molecule has 0 fully saturated rings. The number of aromatic hydroxyl groups is 1. The van der Waals surface area contributed by atoms with Crippen molar-refractivity contribution in [3.63, 3.8) is 0 Å². The predicted molar refractivity (Wildman–Crippen MR) is 147 cm³/mol. The fourth-order valence-electron chi connectivity index (χ4n) is 3.98. The minimum atomic E-state index is -4.79. The first-order valence-corrected chi connectivity index (χ1v) is 14.2. The molecule has 0 aliphatic rings. The zero-order valence-corrected chi connectivity index (χ0v) is 21.8. The van der Waals surface area contributed by atoms with Gasteiger partial charge < -0.3 is 10.8 Å². The minimum Gasteiger partial charge on any atom is -0.505 e. The van der Waals surface area contributed by atoms with E-state index in [0.717, 1.165) is 6.07 Å². The second kappa shape index (κ2) is 10.1. The highest BCUT2D eigenvalue weighted by Crippen LogP contribution is 2.43. The summed E-state index contributed by atoms with van der Waals surface area (Å²) in [5.74, 6) is -0.558. The van der Waals surface area contributed by atoms with Gasteiger partial charge in [0.05, 0.1) is 27.6 Å².